The lowest BCUT2D eigenvalue weighted by Crippen LogP contribution is -2.11. The van der Waals surface area contributed by atoms with E-state index in [-0.39, 0.29) is 0 Å². The molecule has 15 heavy (non-hydrogen) atoms. The number of hydrogen-bond donors (Lipinski definition) is 1. The summed E-state index contributed by atoms with van der Waals surface area (Å²) in [5.41, 5.74) is 1.26. The van der Waals surface area contributed by atoms with E-state index >= 15 is 0 Å². The molecule has 1 aliphatic rings. The zero-order valence-electron chi connectivity index (χ0n) is 9.16. The fourth-order valence-corrected chi connectivity index (χ4v) is 4.06. The van der Waals surface area contributed by atoms with Gasteiger partial charge in [-0.05, 0) is 25.6 Å². The van der Waals surface area contributed by atoms with Crippen LogP contribution in [0.25, 0.3) is 0 Å². The van der Waals surface area contributed by atoms with Gasteiger partial charge in [0, 0.05) is 30.0 Å². The van der Waals surface area contributed by atoms with Gasteiger partial charge in [0.15, 0.2) is 0 Å². The van der Waals surface area contributed by atoms with E-state index < -0.39 is 0 Å². The smallest absolute Gasteiger partial charge is 0.0967 e. The average Bonchev–Trinajstić information content (AvgIpc) is 2.76. The third-order valence-electron chi connectivity index (χ3n) is 2.71. The molecule has 2 heterocycles. The Labute approximate surface area is 99.9 Å². The molecule has 4 heteroatoms. The largest absolute Gasteiger partial charge is 0.319 e. The molecule has 84 valence electrons. The van der Waals surface area contributed by atoms with Crippen LogP contribution in [0.5, 0.6) is 0 Å². The average molecular weight is 242 g/mol. The predicted molar refractivity (Wildman–Crippen MR) is 69.0 cm³/mol. The van der Waals surface area contributed by atoms with E-state index in [4.69, 9.17) is 4.98 Å². The molecule has 0 bridgehead atoms. The van der Waals surface area contributed by atoms with Crippen LogP contribution in [-0.2, 0) is 6.42 Å². The van der Waals surface area contributed by atoms with Crippen LogP contribution >= 0.6 is 23.1 Å². The first kappa shape index (κ1) is 11.4. The van der Waals surface area contributed by atoms with Gasteiger partial charge in [-0.3, -0.25) is 0 Å². The third-order valence-corrected chi connectivity index (χ3v) is 4.98. The van der Waals surface area contributed by atoms with Gasteiger partial charge < -0.3 is 5.32 Å². The van der Waals surface area contributed by atoms with Crippen LogP contribution in [0, 0.1) is 0 Å². The Kier molecular flexibility index (Phi) is 4.47. The first-order valence-electron chi connectivity index (χ1n) is 5.57. The number of thiazole rings is 1. The van der Waals surface area contributed by atoms with Crippen molar-refractivity contribution in [3.05, 3.63) is 16.1 Å². The molecule has 1 N–H and O–H groups in total. The maximum Gasteiger partial charge on any atom is 0.0967 e. The Hall–Kier alpha value is -0.0600. The number of hydrogen-bond acceptors (Lipinski definition) is 4. The second-order valence-electron chi connectivity index (χ2n) is 3.94. The van der Waals surface area contributed by atoms with Gasteiger partial charge in [0.2, 0.25) is 0 Å². The van der Waals surface area contributed by atoms with Crippen molar-refractivity contribution in [2.24, 2.45) is 0 Å². The summed E-state index contributed by atoms with van der Waals surface area (Å²) in [5, 5.41) is 6.76. The van der Waals surface area contributed by atoms with Crippen LogP contribution in [0.3, 0.4) is 0 Å². The molecule has 2 nitrogen and oxygen atoms in total. The van der Waals surface area contributed by atoms with Crippen molar-refractivity contribution in [1.82, 2.24) is 10.3 Å². The van der Waals surface area contributed by atoms with Crippen molar-refractivity contribution in [1.29, 1.82) is 0 Å². The lowest BCUT2D eigenvalue weighted by molar-refractivity contribution is 0.652. The molecule has 1 aromatic heterocycles. The summed E-state index contributed by atoms with van der Waals surface area (Å²) >= 11 is 3.93. The van der Waals surface area contributed by atoms with E-state index in [1.165, 1.54) is 35.0 Å². The zero-order chi connectivity index (χ0) is 10.5. The molecule has 0 aliphatic carbocycles. The van der Waals surface area contributed by atoms with Crippen molar-refractivity contribution in [3.8, 4) is 0 Å². The van der Waals surface area contributed by atoms with Crippen LogP contribution < -0.4 is 5.32 Å². The molecule has 1 saturated heterocycles. The minimum Gasteiger partial charge on any atom is -0.319 e. The quantitative estimate of drug-likeness (QED) is 0.878. The molecule has 0 aromatic carbocycles. The number of rotatable bonds is 4. The fraction of sp³-hybridized carbons (Fsp3) is 0.727. The van der Waals surface area contributed by atoms with Crippen LogP contribution in [0.15, 0.2) is 5.38 Å². The van der Waals surface area contributed by atoms with Gasteiger partial charge >= 0.3 is 0 Å². The summed E-state index contributed by atoms with van der Waals surface area (Å²) < 4.78 is 0. The molecular formula is C11H18N2S2. The first-order chi connectivity index (χ1) is 7.40. The van der Waals surface area contributed by atoms with Gasteiger partial charge in [0.25, 0.3) is 0 Å². The number of nitrogens with one attached hydrogen (secondary N) is 1. The maximum absolute atomic E-state index is 4.74. The lowest BCUT2D eigenvalue weighted by atomic mass is 10.1. The Balaban J connectivity index is 1.93. The molecule has 2 rings (SSSR count). The van der Waals surface area contributed by atoms with Crippen molar-refractivity contribution in [2.75, 3.05) is 25.1 Å². The highest BCUT2D eigenvalue weighted by molar-refractivity contribution is 7.99. The van der Waals surface area contributed by atoms with E-state index in [0.29, 0.717) is 0 Å². The summed E-state index contributed by atoms with van der Waals surface area (Å²) in [6.45, 7) is 1.03. The van der Waals surface area contributed by atoms with Gasteiger partial charge in [0.1, 0.15) is 0 Å². The fourth-order valence-electron chi connectivity index (χ4n) is 1.81. The van der Waals surface area contributed by atoms with E-state index in [2.05, 4.69) is 22.5 Å². The highest BCUT2D eigenvalue weighted by Gasteiger charge is 2.18. The molecule has 1 atom stereocenters. The molecule has 1 unspecified atom stereocenters. The monoisotopic (exact) mass is 242 g/mol. The summed E-state index contributed by atoms with van der Waals surface area (Å²) in [4.78, 5) is 4.74. The molecule has 1 aliphatic heterocycles. The van der Waals surface area contributed by atoms with Crippen LogP contribution in [0.4, 0.5) is 0 Å². The molecular weight excluding hydrogens is 224 g/mol. The van der Waals surface area contributed by atoms with E-state index in [0.717, 1.165) is 18.9 Å². The first-order valence-corrected chi connectivity index (χ1v) is 7.60. The molecule has 1 fully saturated rings. The number of thioether (sulfide) groups is 1. The second-order valence-corrected chi connectivity index (χ2v) is 5.98. The standard InChI is InChI=1S/C11H18N2S2/c1-12-5-4-10-8-15-11(13-10)9-3-2-6-14-7-9/h8-9,12H,2-7H2,1H3. The van der Waals surface area contributed by atoms with E-state index in [9.17, 15) is 0 Å². The van der Waals surface area contributed by atoms with Crippen LogP contribution in [-0.4, -0.2) is 30.1 Å². The highest BCUT2D eigenvalue weighted by Crippen LogP contribution is 2.32. The van der Waals surface area contributed by atoms with Crippen molar-refractivity contribution in [3.63, 3.8) is 0 Å². The molecule has 0 spiro atoms. The van der Waals surface area contributed by atoms with Crippen molar-refractivity contribution in [2.45, 2.75) is 25.2 Å². The topological polar surface area (TPSA) is 24.9 Å². The lowest BCUT2D eigenvalue weighted by Gasteiger charge is -2.18. The van der Waals surface area contributed by atoms with Crippen LogP contribution in [0.1, 0.15) is 29.5 Å². The second kappa shape index (κ2) is 5.87. The third kappa shape index (κ3) is 3.20. The normalized spacial score (nSPS) is 21.8. The zero-order valence-corrected chi connectivity index (χ0v) is 10.8. The van der Waals surface area contributed by atoms with Crippen molar-refractivity contribution >= 4 is 23.1 Å². The van der Waals surface area contributed by atoms with Gasteiger partial charge in [-0.15, -0.1) is 11.3 Å². The highest BCUT2D eigenvalue weighted by atomic mass is 32.2. The van der Waals surface area contributed by atoms with Crippen LogP contribution in [0.2, 0.25) is 0 Å². The Morgan fingerprint density at radius 3 is 3.27 bits per heavy atom. The van der Waals surface area contributed by atoms with Gasteiger partial charge in [-0.1, -0.05) is 0 Å². The van der Waals surface area contributed by atoms with E-state index in [1.807, 2.05) is 18.4 Å². The summed E-state index contributed by atoms with van der Waals surface area (Å²) in [6, 6.07) is 0. The Morgan fingerprint density at radius 2 is 2.53 bits per heavy atom. The molecule has 1 aromatic rings. The SMILES string of the molecule is CNCCc1csc(C2CCCSC2)n1. The van der Waals surface area contributed by atoms with E-state index in [1.54, 1.807) is 0 Å². The number of aromatic nitrogens is 1. The summed E-state index contributed by atoms with van der Waals surface area (Å²) in [6.07, 6.45) is 3.76. The summed E-state index contributed by atoms with van der Waals surface area (Å²) in [5.74, 6) is 3.35. The number of nitrogens with zero attached hydrogens (tertiary/aromatic N) is 1. The Bertz CT molecular complexity index is 293. The van der Waals surface area contributed by atoms with Crippen molar-refractivity contribution < 1.29 is 0 Å². The minimum absolute atomic E-state index is 0.733. The van der Waals surface area contributed by atoms with Gasteiger partial charge in [-0.2, -0.15) is 11.8 Å². The molecule has 0 saturated carbocycles. The minimum atomic E-state index is 0.733. The predicted octanol–water partition coefficient (Wildman–Crippen LogP) is 2.52. The molecule has 0 amide bonds. The number of likely N-dealkylation sites (N-methyl/N-ethyl adjacent to an activating group) is 1. The Morgan fingerprint density at radius 1 is 1.60 bits per heavy atom. The molecule has 0 radical (unpaired) electrons. The van der Waals surface area contributed by atoms with Gasteiger partial charge in [-0.25, -0.2) is 4.98 Å². The van der Waals surface area contributed by atoms with Gasteiger partial charge in [0.05, 0.1) is 10.7 Å². The summed E-state index contributed by atoms with van der Waals surface area (Å²) in [7, 11) is 1.99. The maximum atomic E-state index is 4.74.